The van der Waals surface area contributed by atoms with Crippen molar-refractivity contribution in [1.29, 1.82) is 0 Å². The van der Waals surface area contributed by atoms with E-state index in [1.807, 2.05) is 63.2 Å². The predicted octanol–water partition coefficient (Wildman–Crippen LogP) is 4.52. The summed E-state index contributed by atoms with van der Waals surface area (Å²) in [7, 11) is 0. The normalized spacial score (nSPS) is 12.2. The van der Waals surface area contributed by atoms with Gasteiger partial charge >= 0.3 is 0 Å². The van der Waals surface area contributed by atoms with E-state index in [2.05, 4.69) is 34.7 Å². The Morgan fingerprint density at radius 3 is 2.39 bits per heavy atom. The van der Waals surface area contributed by atoms with Crippen LogP contribution in [0.5, 0.6) is 0 Å². The van der Waals surface area contributed by atoms with Crippen LogP contribution in [-0.4, -0.2) is 31.4 Å². The molecule has 28 heavy (non-hydrogen) atoms. The first kappa shape index (κ1) is 20.1. The molecule has 0 aliphatic rings. The van der Waals surface area contributed by atoms with Gasteiger partial charge in [-0.15, -0.1) is 5.10 Å². The summed E-state index contributed by atoms with van der Waals surface area (Å²) in [5, 5.41) is 15.4. The molecule has 1 N–H and O–H groups in total. The zero-order chi connectivity index (χ0) is 20.3. The van der Waals surface area contributed by atoms with Crippen molar-refractivity contribution in [1.82, 2.24) is 20.2 Å². The molecule has 0 aliphatic heterocycles. The van der Waals surface area contributed by atoms with Crippen LogP contribution in [0.2, 0.25) is 0 Å². The van der Waals surface area contributed by atoms with Gasteiger partial charge in [-0.3, -0.25) is 4.79 Å². The maximum Gasteiger partial charge on any atom is 0.237 e. The SMILES string of the molecule is Cc1cccc(C)c1-n1nnnc1S[C@@H](C)C(=O)Nc1ccccc1C(C)C. The molecule has 3 rings (SSSR count). The minimum absolute atomic E-state index is 0.0749. The lowest BCUT2D eigenvalue weighted by atomic mass is 10.0. The number of aryl methyl sites for hydroxylation is 2. The lowest BCUT2D eigenvalue weighted by Crippen LogP contribution is -2.23. The summed E-state index contributed by atoms with van der Waals surface area (Å²) in [5.41, 5.74) is 5.08. The molecule has 0 unspecified atom stereocenters. The molecule has 0 spiro atoms. The fraction of sp³-hybridized carbons (Fsp3) is 0.333. The van der Waals surface area contributed by atoms with Crippen molar-refractivity contribution in [3.8, 4) is 5.69 Å². The minimum atomic E-state index is -0.353. The molecule has 0 aliphatic carbocycles. The highest BCUT2D eigenvalue weighted by atomic mass is 32.2. The minimum Gasteiger partial charge on any atom is -0.325 e. The second-order valence-corrected chi connectivity index (χ2v) is 8.41. The molecule has 1 amide bonds. The molecule has 0 radical (unpaired) electrons. The van der Waals surface area contributed by atoms with Gasteiger partial charge in [0.15, 0.2) is 0 Å². The summed E-state index contributed by atoms with van der Waals surface area (Å²) in [4.78, 5) is 12.8. The van der Waals surface area contributed by atoms with Gasteiger partial charge in [0.05, 0.1) is 10.9 Å². The average molecular weight is 396 g/mol. The zero-order valence-corrected chi connectivity index (χ0v) is 17.6. The predicted molar refractivity (Wildman–Crippen MR) is 113 cm³/mol. The number of anilines is 1. The number of para-hydroxylation sites is 2. The molecular formula is C21H25N5OS. The molecule has 2 aromatic carbocycles. The number of carbonyl (C=O) groups is 1. The molecule has 0 saturated carbocycles. The van der Waals surface area contributed by atoms with E-state index in [0.717, 1.165) is 28.1 Å². The molecule has 0 bridgehead atoms. The third kappa shape index (κ3) is 4.25. The van der Waals surface area contributed by atoms with Gasteiger partial charge in [0, 0.05) is 5.69 Å². The number of aromatic nitrogens is 4. The monoisotopic (exact) mass is 395 g/mol. The van der Waals surface area contributed by atoms with Gasteiger partial charge in [-0.1, -0.05) is 62.0 Å². The van der Waals surface area contributed by atoms with Gasteiger partial charge in [-0.2, -0.15) is 4.68 Å². The summed E-state index contributed by atoms with van der Waals surface area (Å²) in [5.74, 6) is 0.255. The Hall–Kier alpha value is -2.67. The van der Waals surface area contributed by atoms with Crippen LogP contribution in [0.1, 0.15) is 43.4 Å². The van der Waals surface area contributed by atoms with Gasteiger partial charge < -0.3 is 5.32 Å². The number of rotatable bonds is 6. The largest absolute Gasteiger partial charge is 0.325 e. The summed E-state index contributed by atoms with van der Waals surface area (Å²) in [6.45, 7) is 10.1. The van der Waals surface area contributed by atoms with E-state index in [9.17, 15) is 4.79 Å². The smallest absolute Gasteiger partial charge is 0.237 e. The maximum atomic E-state index is 12.8. The van der Waals surface area contributed by atoms with Crippen LogP contribution in [-0.2, 0) is 4.79 Å². The number of hydrogen-bond acceptors (Lipinski definition) is 5. The molecule has 1 atom stereocenters. The van der Waals surface area contributed by atoms with Crippen molar-refractivity contribution in [3.05, 3.63) is 59.2 Å². The molecule has 6 nitrogen and oxygen atoms in total. The van der Waals surface area contributed by atoms with Crippen molar-refractivity contribution < 1.29 is 4.79 Å². The number of nitrogens with zero attached hydrogens (tertiary/aromatic N) is 4. The third-order valence-electron chi connectivity index (χ3n) is 4.58. The van der Waals surface area contributed by atoms with Crippen LogP contribution in [0.25, 0.3) is 5.69 Å². The average Bonchev–Trinajstić information content (AvgIpc) is 3.09. The van der Waals surface area contributed by atoms with E-state index >= 15 is 0 Å². The van der Waals surface area contributed by atoms with Crippen molar-refractivity contribution >= 4 is 23.4 Å². The van der Waals surface area contributed by atoms with E-state index in [1.54, 1.807) is 4.68 Å². The van der Waals surface area contributed by atoms with E-state index in [4.69, 9.17) is 0 Å². The number of benzene rings is 2. The number of carbonyl (C=O) groups excluding carboxylic acids is 1. The summed E-state index contributed by atoms with van der Waals surface area (Å²) in [6, 6.07) is 14.0. The van der Waals surface area contributed by atoms with Crippen LogP contribution in [0.4, 0.5) is 5.69 Å². The van der Waals surface area contributed by atoms with Crippen LogP contribution in [0.15, 0.2) is 47.6 Å². The third-order valence-corrected chi connectivity index (χ3v) is 5.62. The van der Waals surface area contributed by atoms with Gasteiger partial charge in [0.1, 0.15) is 0 Å². The standard InChI is InChI=1S/C21H25N5OS/c1-13(2)17-11-6-7-12-18(17)22-20(27)16(5)28-21-23-24-25-26(21)19-14(3)9-8-10-15(19)4/h6-13,16H,1-5H3,(H,22,27)/t16-/m0/s1. The van der Waals surface area contributed by atoms with Crippen molar-refractivity contribution in [2.45, 2.75) is 50.9 Å². The molecule has 146 valence electrons. The van der Waals surface area contributed by atoms with Crippen molar-refractivity contribution in [2.24, 2.45) is 0 Å². The number of thioether (sulfide) groups is 1. The summed E-state index contributed by atoms with van der Waals surface area (Å²) in [6.07, 6.45) is 0. The van der Waals surface area contributed by atoms with Crippen molar-refractivity contribution in [3.63, 3.8) is 0 Å². The Balaban J connectivity index is 1.79. The lowest BCUT2D eigenvalue weighted by molar-refractivity contribution is -0.115. The summed E-state index contributed by atoms with van der Waals surface area (Å²) < 4.78 is 1.71. The van der Waals surface area contributed by atoms with Crippen LogP contribution in [0.3, 0.4) is 0 Å². The quantitative estimate of drug-likeness (QED) is 0.621. The second-order valence-electron chi connectivity index (χ2n) is 7.10. The first-order valence-corrected chi connectivity index (χ1v) is 10.2. The highest BCUT2D eigenvalue weighted by Crippen LogP contribution is 2.28. The molecule has 3 aromatic rings. The van der Waals surface area contributed by atoms with E-state index < -0.39 is 0 Å². The Bertz CT molecular complexity index is 962. The maximum absolute atomic E-state index is 12.8. The number of hydrogen-bond donors (Lipinski definition) is 1. The van der Waals surface area contributed by atoms with E-state index in [1.165, 1.54) is 11.8 Å². The van der Waals surface area contributed by atoms with Gasteiger partial charge in [-0.25, -0.2) is 0 Å². The Labute approximate surface area is 169 Å². The van der Waals surface area contributed by atoms with Crippen LogP contribution < -0.4 is 5.32 Å². The molecule has 0 fully saturated rings. The molecular weight excluding hydrogens is 370 g/mol. The highest BCUT2D eigenvalue weighted by molar-refractivity contribution is 8.00. The Morgan fingerprint density at radius 1 is 1.04 bits per heavy atom. The van der Waals surface area contributed by atoms with Gasteiger partial charge in [0.2, 0.25) is 11.1 Å². The first-order chi connectivity index (χ1) is 13.4. The van der Waals surface area contributed by atoms with Gasteiger partial charge in [0.25, 0.3) is 0 Å². The fourth-order valence-electron chi connectivity index (χ4n) is 3.09. The highest BCUT2D eigenvalue weighted by Gasteiger charge is 2.21. The molecule has 1 heterocycles. The summed E-state index contributed by atoms with van der Waals surface area (Å²) >= 11 is 1.35. The zero-order valence-electron chi connectivity index (χ0n) is 16.8. The van der Waals surface area contributed by atoms with Crippen LogP contribution >= 0.6 is 11.8 Å². The van der Waals surface area contributed by atoms with Crippen LogP contribution in [0, 0.1) is 13.8 Å². The molecule has 0 saturated heterocycles. The fourth-order valence-corrected chi connectivity index (χ4v) is 3.89. The molecule has 1 aromatic heterocycles. The number of nitrogens with one attached hydrogen (secondary N) is 1. The lowest BCUT2D eigenvalue weighted by Gasteiger charge is -2.16. The topological polar surface area (TPSA) is 72.7 Å². The second kappa shape index (κ2) is 8.56. The Kier molecular flexibility index (Phi) is 6.14. The van der Waals surface area contributed by atoms with E-state index in [0.29, 0.717) is 11.1 Å². The Morgan fingerprint density at radius 2 is 1.71 bits per heavy atom. The number of amides is 1. The van der Waals surface area contributed by atoms with E-state index in [-0.39, 0.29) is 11.2 Å². The number of tetrazole rings is 1. The van der Waals surface area contributed by atoms with Gasteiger partial charge in [-0.05, 0) is 59.9 Å². The van der Waals surface area contributed by atoms with Crippen molar-refractivity contribution in [2.75, 3.05) is 5.32 Å². The first-order valence-electron chi connectivity index (χ1n) is 9.30. The molecule has 7 heteroatoms.